The van der Waals surface area contributed by atoms with Crippen molar-refractivity contribution in [2.45, 2.75) is 6.42 Å². The Labute approximate surface area is 65.3 Å². The number of hydrogen-bond acceptors (Lipinski definition) is 2. The second-order valence-electron chi connectivity index (χ2n) is 2.52. The van der Waals surface area contributed by atoms with Crippen LogP contribution in [-0.2, 0) is 0 Å². The Hall–Kier alpha value is -1.31. The lowest BCUT2D eigenvalue weighted by atomic mass is 10.2. The van der Waals surface area contributed by atoms with Gasteiger partial charge in [0.05, 0.1) is 6.26 Å². The highest BCUT2D eigenvalue weighted by molar-refractivity contribution is 5.86. The third-order valence-corrected chi connectivity index (χ3v) is 1.66. The first-order valence-corrected chi connectivity index (χ1v) is 3.69. The predicted octanol–water partition coefficient (Wildman–Crippen LogP) is 2.14. The number of nitrogens with zero attached hydrogens (tertiary/aromatic N) is 1. The van der Waals surface area contributed by atoms with E-state index in [4.69, 9.17) is 4.42 Å². The van der Waals surface area contributed by atoms with Gasteiger partial charge in [0, 0.05) is 12.8 Å². The van der Waals surface area contributed by atoms with Crippen LogP contribution in [0.15, 0.2) is 33.4 Å². The van der Waals surface area contributed by atoms with Gasteiger partial charge in [-0.05, 0) is 30.2 Å². The van der Waals surface area contributed by atoms with Crippen molar-refractivity contribution in [2.24, 2.45) is 4.99 Å². The summed E-state index contributed by atoms with van der Waals surface area (Å²) < 4.78 is 5.16. The maximum atomic E-state index is 5.16. The first-order valence-electron chi connectivity index (χ1n) is 3.69. The minimum Gasteiger partial charge on any atom is -0.465 e. The smallest absolute Gasteiger partial charge is 0.126 e. The lowest BCUT2D eigenvalue weighted by Gasteiger charge is -1.87. The molecule has 0 unspecified atom stereocenters. The summed E-state index contributed by atoms with van der Waals surface area (Å²) in [6.07, 6.45) is 6.65. The molecule has 0 aromatic carbocycles. The highest BCUT2D eigenvalue weighted by atomic mass is 16.3. The minimum absolute atomic E-state index is 0.911. The van der Waals surface area contributed by atoms with Crippen LogP contribution in [0.1, 0.15) is 12.2 Å². The maximum absolute atomic E-state index is 5.16. The summed E-state index contributed by atoms with van der Waals surface area (Å²) in [6, 6.07) is 3.83. The van der Waals surface area contributed by atoms with Gasteiger partial charge in [0.15, 0.2) is 0 Å². The number of rotatable bonds is 1. The van der Waals surface area contributed by atoms with E-state index < -0.39 is 0 Å². The van der Waals surface area contributed by atoms with Crippen LogP contribution in [0.4, 0.5) is 0 Å². The van der Waals surface area contributed by atoms with Gasteiger partial charge >= 0.3 is 0 Å². The molecule has 1 aromatic heterocycles. The summed E-state index contributed by atoms with van der Waals surface area (Å²) in [5.41, 5.74) is 1.25. The van der Waals surface area contributed by atoms with Crippen molar-refractivity contribution in [1.82, 2.24) is 0 Å². The average Bonchev–Trinajstić information content (AvgIpc) is 2.60. The topological polar surface area (TPSA) is 25.5 Å². The molecule has 1 aliphatic heterocycles. The van der Waals surface area contributed by atoms with Gasteiger partial charge in [0.1, 0.15) is 5.76 Å². The SMILES string of the molecule is C1=NCC/C1=C/c1ccco1. The van der Waals surface area contributed by atoms with Crippen LogP contribution in [0, 0.1) is 0 Å². The van der Waals surface area contributed by atoms with E-state index in [1.165, 1.54) is 5.57 Å². The molecule has 0 N–H and O–H groups in total. The highest BCUT2D eigenvalue weighted by Crippen LogP contribution is 2.12. The van der Waals surface area contributed by atoms with Gasteiger partial charge < -0.3 is 4.42 Å². The van der Waals surface area contributed by atoms with Crippen LogP contribution in [0.25, 0.3) is 6.08 Å². The molecule has 0 spiro atoms. The zero-order valence-electron chi connectivity index (χ0n) is 6.16. The quantitative estimate of drug-likeness (QED) is 0.597. The summed E-state index contributed by atoms with van der Waals surface area (Å²) in [5.74, 6) is 0.911. The molecule has 0 saturated heterocycles. The Bertz CT molecular complexity index is 283. The Morgan fingerprint density at radius 2 is 2.55 bits per heavy atom. The molecule has 0 atom stereocenters. The fourth-order valence-corrected chi connectivity index (χ4v) is 1.11. The standard InChI is InChI=1S/C9H9NO/c1-2-9(11-5-1)6-8-3-4-10-7-8/h1-2,5-7H,3-4H2/b8-6-. The summed E-state index contributed by atoms with van der Waals surface area (Å²) in [6.45, 7) is 0.923. The molecule has 56 valence electrons. The van der Waals surface area contributed by atoms with E-state index >= 15 is 0 Å². The molecule has 0 saturated carbocycles. The van der Waals surface area contributed by atoms with Crippen LogP contribution in [-0.4, -0.2) is 12.8 Å². The van der Waals surface area contributed by atoms with Crippen molar-refractivity contribution in [1.29, 1.82) is 0 Å². The molecular weight excluding hydrogens is 138 g/mol. The number of hydrogen-bond donors (Lipinski definition) is 0. The average molecular weight is 147 g/mol. The summed E-state index contributed by atoms with van der Waals surface area (Å²) in [4.78, 5) is 4.11. The van der Waals surface area contributed by atoms with Gasteiger partial charge in [-0.1, -0.05) is 0 Å². The molecule has 2 heterocycles. The molecule has 2 rings (SSSR count). The Morgan fingerprint density at radius 1 is 1.55 bits per heavy atom. The third kappa shape index (κ3) is 1.40. The van der Waals surface area contributed by atoms with Crippen LogP contribution in [0.5, 0.6) is 0 Å². The molecule has 2 heteroatoms. The molecule has 2 nitrogen and oxygen atoms in total. The molecule has 11 heavy (non-hydrogen) atoms. The molecular formula is C9H9NO. The van der Waals surface area contributed by atoms with Crippen LogP contribution in [0.2, 0.25) is 0 Å². The molecule has 0 amide bonds. The van der Waals surface area contributed by atoms with E-state index in [0.717, 1.165) is 18.7 Å². The zero-order chi connectivity index (χ0) is 7.52. The Balaban J connectivity index is 2.20. The van der Waals surface area contributed by atoms with Gasteiger partial charge in [0.25, 0.3) is 0 Å². The van der Waals surface area contributed by atoms with E-state index in [1.807, 2.05) is 24.4 Å². The Kier molecular flexibility index (Phi) is 1.60. The largest absolute Gasteiger partial charge is 0.465 e. The van der Waals surface area contributed by atoms with Gasteiger partial charge in [-0.3, -0.25) is 4.99 Å². The van der Waals surface area contributed by atoms with Crippen molar-refractivity contribution in [3.8, 4) is 0 Å². The van der Waals surface area contributed by atoms with E-state index in [0.29, 0.717) is 0 Å². The second kappa shape index (κ2) is 2.74. The van der Waals surface area contributed by atoms with Crippen molar-refractivity contribution < 1.29 is 4.42 Å². The van der Waals surface area contributed by atoms with Crippen molar-refractivity contribution in [3.63, 3.8) is 0 Å². The zero-order valence-corrected chi connectivity index (χ0v) is 6.16. The second-order valence-corrected chi connectivity index (χ2v) is 2.52. The predicted molar refractivity (Wildman–Crippen MR) is 44.7 cm³/mol. The summed E-state index contributed by atoms with van der Waals surface area (Å²) in [5, 5.41) is 0. The minimum atomic E-state index is 0.911. The third-order valence-electron chi connectivity index (χ3n) is 1.66. The van der Waals surface area contributed by atoms with E-state index in [2.05, 4.69) is 4.99 Å². The molecule has 1 aromatic rings. The van der Waals surface area contributed by atoms with E-state index in [9.17, 15) is 0 Å². The fraction of sp³-hybridized carbons (Fsp3) is 0.222. The van der Waals surface area contributed by atoms with Crippen LogP contribution < -0.4 is 0 Å². The molecule has 0 aliphatic carbocycles. The monoisotopic (exact) mass is 147 g/mol. The van der Waals surface area contributed by atoms with Crippen molar-refractivity contribution in [2.75, 3.05) is 6.54 Å². The molecule has 1 aliphatic rings. The molecule has 0 bridgehead atoms. The molecule has 0 radical (unpaired) electrons. The van der Waals surface area contributed by atoms with Crippen LogP contribution >= 0.6 is 0 Å². The normalized spacial score (nSPS) is 19.8. The first kappa shape index (κ1) is 6.40. The fourth-order valence-electron chi connectivity index (χ4n) is 1.11. The van der Waals surface area contributed by atoms with Gasteiger partial charge in [-0.15, -0.1) is 0 Å². The van der Waals surface area contributed by atoms with E-state index in [1.54, 1.807) is 6.26 Å². The van der Waals surface area contributed by atoms with Gasteiger partial charge in [-0.2, -0.15) is 0 Å². The van der Waals surface area contributed by atoms with Crippen molar-refractivity contribution in [3.05, 3.63) is 29.7 Å². The van der Waals surface area contributed by atoms with Gasteiger partial charge in [-0.25, -0.2) is 0 Å². The molecule has 0 fully saturated rings. The summed E-state index contributed by atoms with van der Waals surface area (Å²) in [7, 11) is 0. The van der Waals surface area contributed by atoms with Crippen LogP contribution in [0.3, 0.4) is 0 Å². The highest BCUT2D eigenvalue weighted by Gasteiger charge is 2.00. The summed E-state index contributed by atoms with van der Waals surface area (Å²) >= 11 is 0. The van der Waals surface area contributed by atoms with Gasteiger partial charge in [0.2, 0.25) is 0 Å². The number of aliphatic imine (C=N–C) groups is 1. The first-order chi connectivity index (χ1) is 5.45. The van der Waals surface area contributed by atoms with Crippen molar-refractivity contribution >= 4 is 12.3 Å². The van der Waals surface area contributed by atoms with E-state index in [-0.39, 0.29) is 0 Å². The lowest BCUT2D eigenvalue weighted by molar-refractivity contribution is 0.556. The lowest BCUT2D eigenvalue weighted by Crippen LogP contribution is -1.76. The number of furan rings is 1. The maximum Gasteiger partial charge on any atom is 0.126 e. The Morgan fingerprint density at radius 3 is 3.18 bits per heavy atom.